The molecule has 0 radical (unpaired) electrons. The maximum absolute atomic E-state index is 11.2. The van der Waals surface area contributed by atoms with Gasteiger partial charge in [-0.2, -0.15) is 5.10 Å². The van der Waals surface area contributed by atoms with Gasteiger partial charge in [-0.3, -0.25) is 4.68 Å². The summed E-state index contributed by atoms with van der Waals surface area (Å²) in [6.07, 6.45) is 1.72. The third-order valence-corrected chi connectivity index (χ3v) is 3.57. The second kappa shape index (κ2) is 5.54. The second-order valence-corrected chi connectivity index (χ2v) is 5.84. The molecule has 21 heavy (non-hydrogen) atoms. The molecule has 2 aromatic rings. The van der Waals surface area contributed by atoms with Crippen LogP contribution in [0.5, 0.6) is 5.75 Å². The van der Waals surface area contributed by atoms with Gasteiger partial charge in [0.15, 0.2) is 0 Å². The van der Waals surface area contributed by atoms with Gasteiger partial charge in [0.1, 0.15) is 17.9 Å². The largest absolute Gasteiger partial charge is 0.486 e. The van der Waals surface area contributed by atoms with Crippen LogP contribution >= 0.6 is 0 Å². The number of aromatic carboxylic acids is 1. The highest BCUT2D eigenvalue weighted by Gasteiger charge is 2.17. The third kappa shape index (κ3) is 3.58. The number of ether oxygens (including phenoxy) is 1. The van der Waals surface area contributed by atoms with Crippen LogP contribution in [-0.4, -0.2) is 29.3 Å². The van der Waals surface area contributed by atoms with Crippen LogP contribution in [0.2, 0.25) is 0 Å². The van der Waals surface area contributed by atoms with Gasteiger partial charge in [0, 0.05) is 13.2 Å². The molecule has 1 heterocycles. The van der Waals surface area contributed by atoms with E-state index in [4.69, 9.17) is 15.0 Å². The Morgan fingerprint density at radius 3 is 2.67 bits per heavy atom. The first-order chi connectivity index (χ1) is 9.77. The van der Waals surface area contributed by atoms with E-state index >= 15 is 0 Å². The number of carbonyl (C=O) groups is 1. The first-order valence-electron chi connectivity index (χ1n) is 5.79. The van der Waals surface area contributed by atoms with E-state index in [0.717, 1.165) is 6.07 Å². The Bertz CT molecular complexity index is 782. The SMILES string of the molecule is Cn1ccc(COc2ccc(S(N)(=O)=O)cc2C(=O)O)n1. The molecule has 9 heteroatoms. The van der Waals surface area contributed by atoms with Crippen molar-refractivity contribution in [2.24, 2.45) is 12.2 Å². The minimum atomic E-state index is -3.97. The molecule has 0 saturated carbocycles. The molecule has 0 aliphatic carbocycles. The molecule has 1 aromatic carbocycles. The molecule has 3 N–H and O–H groups in total. The van der Waals surface area contributed by atoms with Crippen LogP contribution in [0.1, 0.15) is 16.1 Å². The average Bonchev–Trinajstić information content (AvgIpc) is 2.80. The Morgan fingerprint density at radius 1 is 1.43 bits per heavy atom. The van der Waals surface area contributed by atoms with Crippen molar-refractivity contribution in [1.29, 1.82) is 0 Å². The van der Waals surface area contributed by atoms with E-state index in [1.54, 1.807) is 24.0 Å². The Morgan fingerprint density at radius 2 is 2.14 bits per heavy atom. The maximum Gasteiger partial charge on any atom is 0.339 e. The number of rotatable bonds is 5. The Balaban J connectivity index is 2.28. The highest BCUT2D eigenvalue weighted by molar-refractivity contribution is 7.89. The number of nitrogens with two attached hydrogens (primary N) is 1. The number of primary sulfonamides is 1. The summed E-state index contributed by atoms with van der Waals surface area (Å²) in [7, 11) is -2.23. The lowest BCUT2D eigenvalue weighted by Gasteiger charge is -2.09. The summed E-state index contributed by atoms with van der Waals surface area (Å²) in [6, 6.07) is 5.13. The van der Waals surface area contributed by atoms with Crippen LogP contribution in [0.25, 0.3) is 0 Å². The zero-order valence-electron chi connectivity index (χ0n) is 11.1. The lowest BCUT2D eigenvalue weighted by atomic mass is 10.2. The molecule has 0 bridgehead atoms. The molecular weight excluding hydrogens is 298 g/mol. The molecule has 112 valence electrons. The number of nitrogens with zero attached hydrogens (tertiary/aromatic N) is 2. The third-order valence-electron chi connectivity index (χ3n) is 2.65. The molecular formula is C12H13N3O5S. The fourth-order valence-corrected chi connectivity index (χ4v) is 2.21. The van der Waals surface area contributed by atoms with E-state index in [1.807, 2.05) is 0 Å². The molecule has 0 saturated heterocycles. The van der Waals surface area contributed by atoms with E-state index in [1.165, 1.54) is 12.1 Å². The van der Waals surface area contributed by atoms with Gasteiger partial charge < -0.3 is 9.84 Å². The second-order valence-electron chi connectivity index (χ2n) is 4.28. The normalized spacial score (nSPS) is 11.3. The van der Waals surface area contributed by atoms with Crippen molar-refractivity contribution >= 4 is 16.0 Å². The summed E-state index contributed by atoms with van der Waals surface area (Å²) in [6.45, 7) is 0.0653. The number of carboxylic acids is 1. The number of sulfonamides is 1. The summed E-state index contributed by atoms with van der Waals surface area (Å²) in [5.41, 5.74) is 0.335. The topological polar surface area (TPSA) is 125 Å². The summed E-state index contributed by atoms with van der Waals surface area (Å²) in [5, 5.41) is 18.2. The predicted molar refractivity (Wildman–Crippen MR) is 72.3 cm³/mol. The quantitative estimate of drug-likeness (QED) is 0.820. The minimum absolute atomic E-state index is 0.0422. The van der Waals surface area contributed by atoms with Gasteiger partial charge in [0.25, 0.3) is 0 Å². The monoisotopic (exact) mass is 311 g/mol. The summed E-state index contributed by atoms with van der Waals surface area (Å²) in [5.74, 6) is -1.27. The molecule has 0 aliphatic heterocycles. The molecule has 0 amide bonds. The van der Waals surface area contributed by atoms with Crippen molar-refractivity contribution in [2.45, 2.75) is 11.5 Å². The van der Waals surface area contributed by atoms with Crippen LogP contribution in [0.15, 0.2) is 35.4 Å². The number of carboxylic acid groups (broad SMARTS) is 1. The molecule has 8 nitrogen and oxygen atoms in total. The lowest BCUT2D eigenvalue weighted by Crippen LogP contribution is -2.13. The number of benzene rings is 1. The maximum atomic E-state index is 11.2. The molecule has 0 spiro atoms. The zero-order chi connectivity index (χ0) is 15.6. The van der Waals surface area contributed by atoms with Gasteiger partial charge in [-0.15, -0.1) is 0 Å². The number of hydrogen-bond acceptors (Lipinski definition) is 5. The smallest absolute Gasteiger partial charge is 0.339 e. The highest BCUT2D eigenvalue weighted by atomic mass is 32.2. The molecule has 2 rings (SSSR count). The van der Waals surface area contributed by atoms with Crippen LogP contribution < -0.4 is 9.88 Å². The van der Waals surface area contributed by atoms with Gasteiger partial charge in [-0.1, -0.05) is 0 Å². The number of hydrogen-bond donors (Lipinski definition) is 2. The lowest BCUT2D eigenvalue weighted by molar-refractivity contribution is 0.0691. The van der Waals surface area contributed by atoms with Crippen LogP contribution in [0, 0.1) is 0 Å². The number of aryl methyl sites for hydroxylation is 1. The van der Waals surface area contributed by atoms with Crippen molar-refractivity contribution in [1.82, 2.24) is 9.78 Å². The standard InChI is InChI=1S/C12H13N3O5S/c1-15-5-4-8(14-15)7-20-11-3-2-9(21(13,18)19)6-10(11)12(16)17/h2-6H,7H2,1H3,(H,16,17)(H2,13,18,19). The van der Waals surface area contributed by atoms with Crippen molar-refractivity contribution in [3.63, 3.8) is 0 Å². The van der Waals surface area contributed by atoms with Gasteiger partial charge in [-0.05, 0) is 24.3 Å². The van der Waals surface area contributed by atoms with Crippen LogP contribution in [0.4, 0.5) is 0 Å². The van der Waals surface area contributed by atoms with E-state index in [-0.39, 0.29) is 22.8 Å². The number of aromatic nitrogens is 2. The van der Waals surface area contributed by atoms with Gasteiger partial charge in [0.2, 0.25) is 10.0 Å². The van der Waals surface area contributed by atoms with Crippen molar-refractivity contribution in [3.05, 3.63) is 41.7 Å². The average molecular weight is 311 g/mol. The molecule has 0 unspecified atom stereocenters. The Labute approximate surface area is 120 Å². The Hall–Kier alpha value is -2.39. The first-order valence-corrected chi connectivity index (χ1v) is 7.33. The van der Waals surface area contributed by atoms with E-state index in [0.29, 0.717) is 5.69 Å². The fourth-order valence-electron chi connectivity index (χ4n) is 1.67. The van der Waals surface area contributed by atoms with Crippen molar-refractivity contribution < 1.29 is 23.1 Å². The molecule has 1 aromatic heterocycles. The van der Waals surface area contributed by atoms with E-state index < -0.39 is 16.0 Å². The highest BCUT2D eigenvalue weighted by Crippen LogP contribution is 2.23. The van der Waals surface area contributed by atoms with E-state index in [9.17, 15) is 13.2 Å². The summed E-state index contributed by atoms with van der Waals surface area (Å²) >= 11 is 0. The fraction of sp³-hybridized carbons (Fsp3) is 0.167. The summed E-state index contributed by atoms with van der Waals surface area (Å²) in [4.78, 5) is 10.9. The van der Waals surface area contributed by atoms with Gasteiger partial charge in [-0.25, -0.2) is 18.4 Å². The van der Waals surface area contributed by atoms with Crippen molar-refractivity contribution in [3.8, 4) is 5.75 Å². The van der Waals surface area contributed by atoms with Gasteiger partial charge >= 0.3 is 5.97 Å². The molecule has 0 atom stereocenters. The molecule has 0 fully saturated rings. The zero-order valence-corrected chi connectivity index (χ0v) is 11.9. The van der Waals surface area contributed by atoms with Crippen molar-refractivity contribution in [2.75, 3.05) is 0 Å². The van der Waals surface area contributed by atoms with Crippen LogP contribution in [0.3, 0.4) is 0 Å². The van der Waals surface area contributed by atoms with Gasteiger partial charge in [0.05, 0.1) is 10.6 Å². The van der Waals surface area contributed by atoms with E-state index in [2.05, 4.69) is 5.10 Å². The summed E-state index contributed by atoms with van der Waals surface area (Å²) < 4.78 is 29.4. The first kappa shape index (κ1) is 15.0. The minimum Gasteiger partial charge on any atom is -0.486 e. The van der Waals surface area contributed by atoms with Crippen LogP contribution in [-0.2, 0) is 23.7 Å². The Kier molecular flexibility index (Phi) is 3.96. The molecule has 0 aliphatic rings. The predicted octanol–water partition coefficient (Wildman–Crippen LogP) is 0.345.